The van der Waals surface area contributed by atoms with Crippen LogP contribution in [0.5, 0.6) is 0 Å². The summed E-state index contributed by atoms with van der Waals surface area (Å²) < 4.78 is 10.5. The number of carbonyl (C=O) groups is 4. The van der Waals surface area contributed by atoms with Gasteiger partial charge in [0.25, 0.3) is 0 Å². The molecule has 2 fully saturated rings. The lowest BCUT2D eigenvalue weighted by molar-refractivity contribution is -0.133. The van der Waals surface area contributed by atoms with E-state index in [1.807, 2.05) is 91.0 Å². The van der Waals surface area contributed by atoms with Crippen LogP contribution in [0.4, 0.5) is 9.59 Å². The van der Waals surface area contributed by atoms with Crippen molar-refractivity contribution in [2.75, 3.05) is 13.2 Å². The number of nitrogens with zero attached hydrogens (tertiary/aromatic N) is 2. The summed E-state index contributed by atoms with van der Waals surface area (Å²) >= 11 is 0. The lowest BCUT2D eigenvalue weighted by Crippen LogP contribution is -2.44. The molecule has 2 aliphatic heterocycles. The Hall–Kier alpha value is -4.72. The van der Waals surface area contributed by atoms with Gasteiger partial charge in [-0.05, 0) is 36.0 Å². The van der Waals surface area contributed by atoms with Gasteiger partial charge in [-0.15, -0.1) is 0 Å². The molecule has 8 nitrogen and oxygen atoms in total. The summed E-state index contributed by atoms with van der Waals surface area (Å²) in [6, 6.07) is 27.9. The Balaban J connectivity index is 1.34. The van der Waals surface area contributed by atoms with Gasteiger partial charge in [0.1, 0.15) is 13.2 Å². The fraction of sp³-hybridized carbons (Fsp3) is 0.294. The zero-order valence-electron chi connectivity index (χ0n) is 23.5. The van der Waals surface area contributed by atoms with Gasteiger partial charge in [-0.1, -0.05) is 110 Å². The average molecular weight is 567 g/mol. The Labute approximate surface area is 245 Å². The molecule has 0 spiro atoms. The SMILES string of the molecule is C[C@@H](C=C[C@H](Cc1ccccc1)C(=O)N1C(=O)OC[C@@H]1Cc1ccccc1)C(=O)N1C(=O)OC[C@@H]1Cc1ccccc1. The van der Waals surface area contributed by atoms with Crippen molar-refractivity contribution < 1.29 is 28.7 Å². The number of hydrogen-bond acceptors (Lipinski definition) is 6. The predicted molar refractivity (Wildman–Crippen MR) is 156 cm³/mol. The minimum Gasteiger partial charge on any atom is -0.447 e. The van der Waals surface area contributed by atoms with Crippen LogP contribution in [-0.2, 0) is 38.3 Å². The van der Waals surface area contributed by atoms with Crippen LogP contribution in [0.3, 0.4) is 0 Å². The highest BCUT2D eigenvalue weighted by atomic mass is 16.6. The fourth-order valence-electron chi connectivity index (χ4n) is 5.42. The molecule has 0 saturated carbocycles. The van der Waals surface area contributed by atoms with E-state index in [0.29, 0.717) is 19.3 Å². The van der Waals surface area contributed by atoms with Gasteiger partial charge in [0.05, 0.1) is 23.9 Å². The summed E-state index contributed by atoms with van der Waals surface area (Å²) in [7, 11) is 0. The lowest BCUT2D eigenvalue weighted by Gasteiger charge is -2.24. The molecule has 0 aliphatic carbocycles. The fourth-order valence-corrected chi connectivity index (χ4v) is 5.42. The molecular formula is C34H34N2O6. The van der Waals surface area contributed by atoms with Gasteiger partial charge < -0.3 is 9.47 Å². The quantitative estimate of drug-likeness (QED) is 0.313. The molecular weight excluding hydrogens is 532 g/mol. The van der Waals surface area contributed by atoms with Crippen LogP contribution in [0, 0.1) is 11.8 Å². The van der Waals surface area contributed by atoms with E-state index in [1.54, 1.807) is 19.1 Å². The molecule has 0 unspecified atom stereocenters. The molecule has 0 aromatic heterocycles. The maximum Gasteiger partial charge on any atom is 0.417 e. The van der Waals surface area contributed by atoms with E-state index < -0.39 is 42.0 Å². The highest BCUT2D eigenvalue weighted by Gasteiger charge is 2.41. The van der Waals surface area contributed by atoms with E-state index >= 15 is 0 Å². The largest absolute Gasteiger partial charge is 0.447 e. The van der Waals surface area contributed by atoms with Gasteiger partial charge in [-0.3, -0.25) is 9.59 Å². The molecule has 4 atom stereocenters. The number of imide groups is 2. The van der Waals surface area contributed by atoms with Gasteiger partial charge in [-0.2, -0.15) is 0 Å². The van der Waals surface area contributed by atoms with E-state index in [4.69, 9.17) is 9.47 Å². The molecule has 2 aliphatic rings. The monoisotopic (exact) mass is 566 g/mol. The number of amides is 4. The summed E-state index contributed by atoms with van der Waals surface area (Å²) in [6.07, 6.45) is 3.30. The number of hydrogen-bond donors (Lipinski definition) is 0. The van der Waals surface area contributed by atoms with Gasteiger partial charge in [-0.25, -0.2) is 19.4 Å². The molecule has 0 N–H and O–H groups in total. The first-order chi connectivity index (χ1) is 20.4. The van der Waals surface area contributed by atoms with Crippen molar-refractivity contribution in [3.63, 3.8) is 0 Å². The van der Waals surface area contributed by atoms with Crippen molar-refractivity contribution in [3.8, 4) is 0 Å². The van der Waals surface area contributed by atoms with Crippen molar-refractivity contribution in [1.29, 1.82) is 0 Å². The van der Waals surface area contributed by atoms with Crippen molar-refractivity contribution >= 4 is 24.0 Å². The summed E-state index contributed by atoms with van der Waals surface area (Å²) in [4.78, 5) is 55.1. The van der Waals surface area contributed by atoms with Crippen LogP contribution >= 0.6 is 0 Å². The second-order valence-electron chi connectivity index (χ2n) is 10.7. The Morgan fingerprint density at radius 3 is 1.60 bits per heavy atom. The van der Waals surface area contributed by atoms with Crippen molar-refractivity contribution in [2.24, 2.45) is 11.8 Å². The molecule has 0 bridgehead atoms. The molecule has 0 radical (unpaired) electrons. The maximum atomic E-state index is 13.9. The summed E-state index contributed by atoms with van der Waals surface area (Å²) in [5, 5.41) is 0. The number of ether oxygens (including phenoxy) is 2. The van der Waals surface area contributed by atoms with Crippen LogP contribution in [0.2, 0.25) is 0 Å². The second kappa shape index (κ2) is 13.3. The van der Waals surface area contributed by atoms with Crippen molar-refractivity contribution in [3.05, 3.63) is 120 Å². The summed E-state index contributed by atoms with van der Waals surface area (Å²) in [5.74, 6) is -2.22. The molecule has 216 valence electrons. The minimum atomic E-state index is -0.725. The van der Waals surface area contributed by atoms with Crippen LogP contribution in [0.1, 0.15) is 23.6 Å². The van der Waals surface area contributed by atoms with Crippen LogP contribution in [-0.4, -0.2) is 59.1 Å². The number of cyclic esters (lactones) is 2. The minimum absolute atomic E-state index is 0.121. The average Bonchev–Trinajstić information content (AvgIpc) is 3.56. The third kappa shape index (κ3) is 6.77. The standard InChI is InChI=1S/C34H34N2O6/c1-24(31(37)35-29(22-41-33(35)39)20-26-13-7-3-8-14-26)17-18-28(19-25-11-5-2-6-12-25)32(38)36-30(23-42-34(36)40)21-27-15-9-4-10-16-27/h2-18,24,28-30H,19-23H2,1H3/t24-,28+,29-,30-/m0/s1. The number of carbonyl (C=O) groups excluding carboxylic acids is 4. The van der Waals surface area contributed by atoms with Crippen molar-refractivity contribution in [2.45, 2.75) is 38.3 Å². The number of benzene rings is 3. The van der Waals surface area contributed by atoms with Gasteiger partial charge in [0.2, 0.25) is 11.8 Å². The molecule has 3 aromatic carbocycles. The summed E-state index contributed by atoms with van der Waals surface area (Å²) in [6.45, 7) is 1.94. The van der Waals surface area contributed by atoms with Gasteiger partial charge >= 0.3 is 12.2 Å². The van der Waals surface area contributed by atoms with Crippen LogP contribution < -0.4 is 0 Å². The highest BCUT2D eigenvalue weighted by Crippen LogP contribution is 2.25. The third-order valence-corrected chi connectivity index (χ3v) is 7.66. The van der Waals surface area contributed by atoms with E-state index in [2.05, 4.69) is 0 Å². The number of rotatable bonds is 10. The second-order valence-corrected chi connectivity index (χ2v) is 10.7. The van der Waals surface area contributed by atoms with Crippen molar-refractivity contribution in [1.82, 2.24) is 9.80 Å². The zero-order valence-corrected chi connectivity index (χ0v) is 23.5. The molecule has 5 rings (SSSR count). The van der Waals surface area contributed by atoms with E-state index in [-0.39, 0.29) is 19.1 Å². The zero-order chi connectivity index (χ0) is 29.5. The Morgan fingerprint density at radius 1 is 0.690 bits per heavy atom. The molecule has 8 heteroatoms. The lowest BCUT2D eigenvalue weighted by atomic mass is 9.94. The third-order valence-electron chi connectivity index (χ3n) is 7.66. The topological polar surface area (TPSA) is 93.2 Å². The smallest absolute Gasteiger partial charge is 0.417 e. The van der Waals surface area contributed by atoms with Crippen LogP contribution in [0.25, 0.3) is 0 Å². The van der Waals surface area contributed by atoms with E-state index in [9.17, 15) is 19.2 Å². The van der Waals surface area contributed by atoms with Crippen LogP contribution in [0.15, 0.2) is 103 Å². The molecule has 2 heterocycles. The molecule has 2 saturated heterocycles. The maximum absolute atomic E-state index is 13.9. The highest BCUT2D eigenvalue weighted by molar-refractivity contribution is 5.97. The van der Waals surface area contributed by atoms with E-state index in [1.165, 1.54) is 9.80 Å². The van der Waals surface area contributed by atoms with Gasteiger partial charge in [0.15, 0.2) is 0 Å². The first-order valence-corrected chi connectivity index (χ1v) is 14.2. The summed E-state index contributed by atoms with van der Waals surface area (Å²) in [5.41, 5.74) is 2.91. The predicted octanol–water partition coefficient (Wildman–Crippen LogP) is 5.22. The van der Waals surface area contributed by atoms with Gasteiger partial charge in [0, 0.05) is 0 Å². The first-order valence-electron chi connectivity index (χ1n) is 14.2. The molecule has 3 aromatic rings. The Morgan fingerprint density at radius 2 is 1.12 bits per heavy atom. The first kappa shape index (κ1) is 28.8. The normalized spacial score (nSPS) is 19.9. The Bertz CT molecular complexity index is 1430. The molecule has 4 amide bonds. The molecule has 42 heavy (non-hydrogen) atoms. The van der Waals surface area contributed by atoms with E-state index in [0.717, 1.165) is 16.7 Å². The Kier molecular flexibility index (Phi) is 9.12.